The average Bonchev–Trinajstić information content (AvgIpc) is 2.51. The van der Waals surface area contributed by atoms with E-state index in [0.717, 1.165) is 22.6 Å². The van der Waals surface area contributed by atoms with Crippen molar-refractivity contribution >= 4 is 34.8 Å². The standard InChI is InChI=1S/C18H28N2S2/c1-14-9-10-15(2)17(13-14)20-18(21)19-11-6-12-22-16-7-4-3-5-8-16/h9-10,13,16H,3-8,11-12H2,1-2H3,(H2,19,20,21). The Balaban J connectivity index is 1.60. The highest BCUT2D eigenvalue weighted by molar-refractivity contribution is 7.99. The molecule has 2 N–H and O–H groups in total. The summed E-state index contributed by atoms with van der Waals surface area (Å²) in [6.45, 7) is 5.16. The molecular formula is C18H28N2S2. The summed E-state index contributed by atoms with van der Waals surface area (Å²) in [4.78, 5) is 0. The highest BCUT2D eigenvalue weighted by Gasteiger charge is 2.12. The van der Waals surface area contributed by atoms with E-state index in [9.17, 15) is 0 Å². The Labute approximate surface area is 144 Å². The molecule has 1 saturated carbocycles. The topological polar surface area (TPSA) is 24.1 Å². The molecule has 2 rings (SSSR count). The summed E-state index contributed by atoms with van der Waals surface area (Å²) in [6.07, 6.45) is 8.32. The summed E-state index contributed by atoms with van der Waals surface area (Å²) < 4.78 is 0. The highest BCUT2D eigenvalue weighted by Crippen LogP contribution is 2.28. The van der Waals surface area contributed by atoms with Crippen molar-refractivity contribution in [2.75, 3.05) is 17.6 Å². The SMILES string of the molecule is Cc1ccc(C)c(NC(=S)NCCCSC2CCCCC2)c1. The molecule has 0 atom stereocenters. The molecule has 0 aromatic heterocycles. The maximum Gasteiger partial charge on any atom is 0.170 e. The molecule has 1 aliphatic rings. The molecule has 0 bridgehead atoms. The number of hydrogen-bond donors (Lipinski definition) is 2. The smallest absolute Gasteiger partial charge is 0.170 e. The van der Waals surface area contributed by atoms with Crippen LogP contribution in [0.25, 0.3) is 0 Å². The lowest BCUT2D eigenvalue weighted by molar-refractivity contribution is 0.516. The Morgan fingerprint density at radius 3 is 2.77 bits per heavy atom. The molecule has 2 nitrogen and oxygen atoms in total. The van der Waals surface area contributed by atoms with Crippen LogP contribution in [0.1, 0.15) is 49.7 Å². The zero-order valence-corrected chi connectivity index (χ0v) is 15.4. The summed E-state index contributed by atoms with van der Waals surface area (Å²) >= 11 is 7.54. The van der Waals surface area contributed by atoms with Crippen LogP contribution in [0.4, 0.5) is 5.69 Å². The van der Waals surface area contributed by atoms with Gasteiger partial charge in [-0.2, -0.15) is 11.8 Å². The summed E-state index contributed by atoms with van der Waals surface area (Å²) in [5, 5.41) is 8.27. The zero-order chi connectivity index (χ0) is 15.8. The molecule has 1 aliphatic carbocycles. The van der Waals surface area contributed by atoms with E-state index >= 15 is 0 Å². The van der Waals surface area contributed by atoms with Crippen LogP contribution in [0.2, 0.25) is 0 Å². The van der Waals surface area contributed by atoms with Crippen LogP contribution in [0.5, 0.6) is 0 Å². The van der Waals surface area contributed by atoms with Crippen molar-refractivity contribution in [2.24, 2.45) is 0 Å². The molecule has 0 saturated heterocycles. The number of thiocarbonyl (C=S) groups is 1. The number of aryl methyl sites for hydroxylation is 2. The molecule has 0 heterocycles. The predicted octanol–water partition coefficient (Wildman–Crippen LogP) is 5.05. The minimum Gasteiger partial charge on any atom is -0.362 e. The lowest BCUT2D eigenvalue weighted by Crippen LogP contribution is -2.29. The maximum atomic E-state index is 5.38. The van der Waals surface area contributed by atoms with Gasteiger partial charge in [-0.1, -0.05) is 31.4 Å². The molecule has 0 aliphatic heterocycles. The molecule has 4 heteroatoms. The summed E-state index contributed by atoms with van der Waals surface area (Å²) in [6, 6.07) is 6.39. The second-order valence-electron chi connectivity index (χ2n) is 6.18. The van der Waals surface area contributed by atoms with Crippen molar-refractivity contribution in [3.8, 4) is 0 Å². The van der Waals surface area contributed by atoms with Gasteiger partial charge in [-0.05, 0) is 68.3 Å². The number of thioether (sulfide) groups is 1. The molecule has 0 amide bonds. The highest BCUT2D eigenvalue weighted by atomic mass is 32.2. The molecule has 22 heavy (non-hydrogen) atoms. The first-order valence-electron chi connectivity index (χ1n) is 8.39. The van der Waals surface area contributed by atoms with E-state index in [-0.39, 0.29) is 0 Å². The van der Waals surface area contributed by atoms with Crippen LogP contribution in [-0.4, -0.2) is 22.7 Å². The first-order valence-corrected chi connectivity index (χ1v) is 9.84. The lowest BCUT2D eigenvalue weighted by atomic mass is 10.0. The third-order valence-electron chi connectivity index (χ3n) is 4.15. The molecule has 122 valence electrons. The van der Waals surface area contributed by atoms with Crippen LogP contribution < -0.4 is 10.6 Å². The summed E-state index contributed by atoms with van der Waals surface area (Å²) in [5.74, 6) is 1.24. The number of nitrogens with one attached hydrogen (secondary N) is 2. The van der Waals surface area contributed by atoms with Gasteiger partial charge in [0.25, 0.3) is 0 Å². The second kappa shape index (κ2) is 9.41. The van der Waals surface area contributed by atoms with Crippen molar-refractivity contribution in [3.63, 3.8) is 0 Å². The second-order valence-corrected chi connectivity index (χ2v) is 8.00. The van der Waals surface area contributed by atoms with Crippen LogP contribution in [0.15, 0.2) is 18.2 Å². The van der Waals surface area contributed by atoms with Gasteiger partial charge >= 0.3 is 0 Å². The molecular weight excluding hydrogens is 308 g/mol. The molecule has 1 fully saturated rings. The van der Waals surface area contributed by atoms with E-state index in [1.165, 1.54) is 55.4 Å². The summed E-state index contributed by atoms with van der Waals surface area (Å²) in [7, 11) is 0. The summed E-state index contributed by atoms with van der Waals surface area (Å²) in [5.41, 5.74) is 3.58. The molecule has 0 spiro atoms. The first kappa shape index (κ1) is 17.6. The number of rotatable bonds is 6. The Morgan fingerprint density at radius 1 is 1.23 bits per heavy atom. The minimum absolute atomic E-state index is 0.733. The molecule has 0 radical (unpaired) electrons. The van der Waals surface area contributed by atoms with E-state index in [1.807, 2.05) is 0 Å². The molecule has 1 aromatic carbocycles. The number of anilines is 1. The molecule has 0 unspecified atom stereocenters. The normalized spacial score (nSPS) is 15.5. The van der Waals surface area contributed by atoms with Crippen molar-refractivity contribution in [3.05, 3.63) is 29.3 Å². The Bertz CT molecular complexity index is 482. The van der Waals surface area contributed by atoms with Gasteiger partial charge in [-0.15, -0.1) is 0 Å². The first-order chi connectivity index (χ1) is 10.6. The number of benzene rings is 1. The fourth-order valence-corrected chi connectivity index (χ4v) is 4.32. The zero-order valence-electron chi connectivity index (χ0n) is 13.8. The van der Waals surface area contributed by atoms with Gasteiger partial charge in [0, 0.05) is 17.5 Å². The van der Waals surface area contributed by atoms with E-state index in [1.54, 1.807) is 0 Å². The fraction of sp³-hybridized carbons (Fsp3) is 0.611. The Morgan fingerprint density at radius 2 is 2.00 bits per heavy atom. The lowest BCUT2D eigenvalue weighted by Gasteiger charge is -2.21. The van der Waals surface area contributed by atoms with Crippen LogP contribution in [0.3, 0.4) is 0 Å². The van der Waals surface area contributed by atoms with Gasteiger partial charge < -0.3 is 10.6 Å². The van der Waals surface area contributed by atoms with E-state index in [0.29, 0.717) is 0 Å². The van der Waals surface area contributed by atoms with Gasteiger partial charge in [0.15, 0.2) is 5.11 Å². The largest absolute Gasteiger partial charge is 0.362 e. The van der Waals surface area contributed by atoms with Crippen molar-refractivity contribution in [1.29, 1.82) is 0 Å². The fourth-order valence-electron chi connectivity index (χ4n) is 2.79. The third kappa shape index (κ3) is 6.17. The van der Waals surface area contributed by atoms with E-state index < -0.39 is 0 Å². The van der Waals surface area contributed by atoms with Crippen molar-refractivity contribution in [1.82, 2.24) is 5.32 Å². The maximum absolute atomic E-state index is 5.38. The predicted molar refractivity (Wildman–Crippen MR) is 104 cm³/mol. The van der Waals surface area contributed by atoms with Gasteiger partial charge in [-0.3, -0.25) is 0 Å². The van der Waals surface area contributed by atoms with Gasteiger partial charge in [0.05, 0.1) is 0 Å². The van der Waals surface area contributed by atoms with Gasteiger partial charge in [0.1, 0.15) is 0 Å². The average molecular weight is 337 g/mol. The van der Waals surface area contributed by atoms with Gasteiger partial charge in [-0.25, -0.2) is 0 Å². The quantitative estimate of drug-likeness (QED) is 0.561. The van der Waals surface area contributed by atoms with Crippen molar-refractivity contribution < 1.29 is 0 Å². The van der Waals surface area contributed by atoms with Crippen molar-refractivity contribution in [2.45, 2.75) is 57.6 Å². The monoisotopic (exact) mass is 336 g/mol. The van der Waals surface area contributed by atoms with Crippen LogP contribution >= 0.6 is 24.0 Å². The Hall–Kier alpha value is -0.740. The van der Waals surface area contributed by atoms with E-state index in [2.05, 4.69) is 54.4 Å². The van der Waals surface area contributed by atoms with Crippen LogP contribution in [-0.2, 0) is 0 Å². The molecule has 1 aromatic rings. The number of hydrogen-bond acceptors (Lipinski definition) is 2. The minimum atomic E-state index is 0.733. The van der Waals surface area contributed by atoms with Crippen LogP contribution in [0, 0.1) is 13.8 Å². The van der Waals surface area contributed by atoms with Gasteiger partial charge in [0.2, 0.25) is 0 Å². The van der Waals surface area contributed by atoms with E-state index in [4.69, 9.17) is 12.2 Å². The Kier molecular flexibility index (Phi) is 7.53. The third-order valence-corrected chi connectivity index (χ3v) is 5.87.